The van der Waals surface area contributed by atoms with Gasteiger partial charge in [0.1, 0.15) is 0 Å². The maximum atomic E-state index is 10.5. The summed E-state index contributed by atoms with van der Waals surface area (Å²) in [5, 5.41) is 8.64. The summed E-state index contributed by atoms with van der Waals surface area (Å²) in [7, 11) is 0. The van der Waals surface area contributed by atoms with E-state index in [1.54, 1.807) is 0 Å². The lowest BCUT2D eigenvalue weighted by Gasteiger charge is -2.11. The van der Waals surface area contributed by atoms with Crippen molar-refractivity contribution in [1.29, 1.82) is 0 Å². The van der Waals surface area contributed by atoms with Crippen LogP contribution in [0.25, 0.3) is 0 Å². The molecular formula is C13H20O2. The van der Waals surface area contributed by atoms with E-state index >= 15 is 0 Å². The van der Waals surface area contributed by atoms with E-state index in [-0.39, 0.29) is 12.3 Å². The number of carboxylic acid groups (broad SMARTS) is 1. The SMILES string of the molecule is C#CC(CC(=O)O)C(=C)CCCCCC. The van der Waals surface area contributed by atoms with Gasteiger partial charge in [-0.3, -0.25) is 4.79 Å². The lowest BCUT2D eigenvalue weighted by atomic mass is 9.93. The van der Waals surface area contributed by atoms with Gasteiger partial charge in [-0.2, -0.15) is 0 Å². The van der Waals surface area contributed by atoms with Crippen LogP contribution in [0.4, 0.5) is 0 Å². The van der Waals surface area contributed by atoms with Gasteiger partial charge in [-0.15, -0.1) is 6.42 Å². The van der Waals surface area contributed by atoms with E-state index in [0.29, 0.717) is 0 Å². The first-order chi connectivity index (χ1) is 7.11. The second kappa shape index (κ2) is 8.11. The minimum atomic E-state index is -0.854. The van der Waals surface area contributed by atoms with E-state index in [0.717, 1.165) is 18.4 Å². The summed E-state index contributed by atoms with van der Waals surface area (Å²) >= 11 is 0. The maximum absolute atomic E-state index is 10.5. The summed E-state index contributed by atoms with van der Waals surface area (Å²) < 4.78 is 0. The van der Waals surface area contributed by atoms with E-state index in [1.807, 2.05) is 0 Å². The molecule has 1 N–H and O–H groups in total. The topological polar surface area (TPSA) is 37.3 Å². The Kier molecular flexibility index (Phi) is 7.44. The second-order valence-electron chi connectivity index (χ2n) is 3.79. The average Bonchev–Trinajstić information content (AvgIpc) is 2.20. The first-order valence-electron chi connectivity index (χ1n) is 5.47. The monoisotopic (exact) mass is 208 g/mol. The van der Waals surface area contributed by atoms with Crippen LogP contribution in [0, 0.1) is 18.3 Å². The number of carbonyl (C=O) groups is 1. The molecule has 0 aromatic rings. The molecule has 84 valence electrons. The normalized spacial score (nSPS) is 11.7. The Morgan fingerprint density at radius 2 is 2.13 bits per heavy atom. The molecule has 1 atom stereocenters. The third-order valence-corrected chi connectivity index (χ3v) is 2.42. The zero-order valence-electron chi connectivity index (χ0n) is 9.46. The lowest BCUT2D eigenvalue weighted by Crippen LogP contribution is -2.08. The van der Waals surface area contributed by atoms with E-state index in [4.69, 9.17) is 11.5 Å². The molecule has 0 aliphatic heterocycles. The van der Waals surface area contributed by atoms with Crippen LogP contribution >= 0.6 is 0 Å². The molecular weight excluding hydrogens is 188 g/mol. The minimum absolute atomic E-state index is 0.00309. The summed E-state index contributed by atoms with van der Waals surface area (Å²) in [6.45, 7) is 6.03. The molecule has 0 radical (unpaired) electrons. The standard InChI is InChI=1S/C13H20O2/c1-4-6-7-8-9-11(3)12(5-2)10-13(14)15/h2,12H,3-4,6-10H2,1H3,(H,14,15). The Morgan fingerprint density at radius 3 is 2.60 bits per heavy atom. The molecule has 0 spiro atoms. The Hall–Kier alpha value is -1.23. The quantitative estimate of drug-likeness (QED) is 0.378. The van der Waals surface area contributed by atoms with Crippen molar-refractivity contribution >= 4 is 5.97 Å². The van der Waals surface area contributed by atoms with Crippen molar-refractivity contribution in [3.05, 3.63) is 12.2 Å². The molecule has 0 aliphatic rings. The third kappa shape index (κ3) is 6.79. The zero-order valence-corrected chi connectivity index (χ0v) is 9.46. The summed E-state index contributed by atoms with van der Waals surface area (Å²) in [5.41, 5.74) is 0.885. The van der Waals surface area contributed by atoms with Gasteiger partial charge in [-0.1, -0.05) is 44.3 Å². The number of carboxylic acids is 1. The van der Waals surface area contributed by atoms with Gasteiger partial charge in [0.05, 0.1) is 12.3 Å². The number of hydrogen-bond acceptors (Lipinski definition) is 1. The fourth-order valence-corrected chi connectivity index (χ4v) is 1.45. The highest BCUT2D eigenvalue weighted by atomic mass is 16.4. The molecule has 0 aromatic carbocycles. The molecule has 0 aromatic heterocycles. The van der Waals surface area contributed by atoms with Gasteiger partial charge >= 0.3 is 5.97 Å². The summed E-state index contributed by atoms with van der Waals surface area (Å²) in [5.74, 6) is 1.34. The number of allylic oxidation sites excluding steroid dienone is 1. The number of hydrogen-bond donors (Lipinski definition) is 1. The molecule has 0 amide bonds. The smallest absolute Gasteiger partial charge is 0.304 e. The van der Waals surface area contributed by atoms with Gasteiger partial charge in [0, 0.05) is 0 Å². The van der Waals surface area contributed by atoms with Crippen molar-refractivity contribution in [2.75, 3.05) is 0 Å². The van der Waals surface area contributed by atoms with Crippen LogP contribution in [0.2, 0.25) is 0 Å². The number of aliphatic carboxylic acids is 1. The second-order valence-corrected chi connectivity index (χ2v) is 3.79. The fraction of sp³-hybridized carbons (Fsp3) is 0.615. The molecule has 0 bridgehead atoms. The van der Waals surface area contributed by atoms with Crippen LogP contribution in [-0.2, 0) is 4.79 Å². The van der Waals surface area contributed by atoms with Crippen LogP contribution in [-0.4, -0.2) is 11.1 Å². The Balaban J connectivity index is 3.85. The first-order valence-corrected chi connectivity index (χ1v) is 5.47. The Morgan fingerprint density at radius 1 is 1.47 bits per heavy atom. The van der Waals surface area contributed by atoms with Crippen molar-refractivity contribution in [2.45, 2.75) is 45.4 Å². The zero-order chi connectivity index (χ0) is 11.7. The Bertz CT molecular complexity index is 248. The number of rotatable bonds is 8. The summed E-state index contributed by atoms with van der Waals surface area (Å²) in [6, 6.07) is 0. The summed E-state index contributed by atoms with van der Waals surface area (Å²) in [6.07, 6.45) is 10.8. The van der Waals surface area contributed by atoms with E-state index in [2.05, 4.69) is 19.4 Å². The Labute approximate surface area is 92.4 Å². The highest BCUT2D eigenvalue weighted by Gasteiger charge is 2.13. The molecule has 2 heteroatoms. The molecule has 2 nitrogen and oxygen atoms in total. The van der Waals surface area contributed by atoms with Crippen LogP contribution in [0.15, 0.2) is 12.2 Å². The molecule has 0 rings (SSSR count). The van der Waals surface area contributed by atoms with Crippen molar-refractivity contribution < 1.29 is 9.90 Å². The third-order valence-electron chi connectivity index (χ3n) is 2.42. The van der Waals surface area contributed by atoms with E-state index in [1.165, 1.54) is 19.3 Å². The van der Waals surface area contributed by atoms with Gasteiger partial charge in [0.25, 0.3) is 0 Å². The molecule has 0 aliphatic carbocycles. The molecule has 0 fully saturated rings. The van der Waals surface area contributed by atoms with Crippen LogP contribution in [0.5, 0.6) is 0 Å². The highest BCUT2D eigenvalue weighted by Crippen LogP contribution is 2.19. The van der Waals surface area contributed by atoms with Gasteiger partial charge in [0.2, 0.25) is 0 Å². The van der Waals surface area contributed by atoms with Gasteiger partial charge in [-0.25, -0.2) is 0 Å². The lowest BCUT2D eigenvalue weighted by molar-refractivity contribution is -0.137. The van der Waals surface area contributed by atoms with Gasteiger partial charge in [-0.05, 0) is 12.8 Å². The molecule has 0 saturated carbocycles. The van der Waals surface area contributed by atoms with E-state index in [9.17, 15) is 4.79 Å². The molecule has 15 heavy (non-hydrogen) atoms. The summed E-state index contributed by atoms with van der Waals surface area (Å²) in [4.78, 5) is 10.5. The van der Waals surface area contributed by atoms with Gasteiger partial charge in [0.15, 0.2) is 0 Å². The van der Waals surface area contributed by atoms with Crippen LogP contribution in [0.3, 0.4) is 0 Å². The van der Waals surface area contributed by atoms with Crippen molar-refractivity contribution in [2.24, 2.45) is 5.92 Å². The molecule has 1 unspecified atom stereocenters. The van der Waals surface area contributed by atoms with Crippen molar-refractivity contribution in [1.82, 2.24) is 0 Å². The van der Waals surface area contributed by atoms with Crippen molar-refractivity contribution in [3.8, 4) is 12.3 Å². The molecule has 0 saturated heterocycles. The number of terminal acetylenes is 1. The fourth-order valence-electron chi connectivity index (χ4n) is 1.45. The predicted octanol–water partition coefficient (Wildman–Crippen LogP) is 3.24. The minimum Gasteiger partial charge on any atom is -0.481 e. The van der Waals surface area contributed by atoms with Crippen LogP contribution < -0.4 is 0 Å². The van der Waals surface area contributed by atoms with Crippen LogP contribution in [0.1, 0.15) is 45.4 Å². The largest absolute Gasteiger partial charge is 0.481 e. The van der Waals surface area contributed by atoms with Crippen molar-refractivity contribution in [3.63, 3.8) is 0 Å². The van der Waals surface area contributed by atoms with E-state index < -0.39 is 5.97 Å². The first kappa shape index (κ1) is 13.8. The maximum Gasteiger partial charge on any atom is 0.304 e. The predicted molar refractivity (Wildman–Crippen MR) is 62.5 cm³/mol. The average molecular weight is 208 g/mol. The number of unbranched alkanes of at least 4 members (excludes halogenated alkanes) is 3. The molecule has 0 heterocycles. The van der Waals surface area contributed by atoms with Gasteiger partial charge < -0.3 is 5.11 Å². The highest BCUT2D eigenvalue weighted by molar-refractivity contribution is 5.68.